The number of aromatic nitrogens is 4. The molecule has 4 N–H and O–H groups in total. The molecule has 6 rings (SSSR count). The van der Waals surface area contributed by atoms with Gasteiger partial charge in [-0.05, 0) is 36.1 Å². The number of ether oxygens (including phenoxy) is 1. The summed E-state index contributed by atoms with van der Waals surface area (Å²) in [5.41, 5.74) is 11.0. The van der Waals surface area contributed by atoms with Crippen molar-refractivity contribution in [3.05, 3.63) is 65.6 Å². The molecule has 176 valence electrons. The number of anilines is 3. The molecule has 0 spiro atoms. The molecule has 1 amide bonds. The highest BCUT2D eigenvalue weighted by molar-refractivity contribution is 5.94. The van der Waals surface area contributed by atoms with Gasteiger partial charge in [0.2, 0.25) is 0 Å². The first-order valence-corrected chi connectivity index (χ1v) is 11.3. The summed E-state index contributed by atoms with van der Waals surface area (Å²) in [4.78, 5) is 32.5. The Hall–Kier alpha value is -4.31. The molecule has 1 saturated heterocycles. The van der Waals surface area contributed by atoms with Crippen molar-refractivity contribution >= 4 is 35.0 Å². The van der Waals surface area contributed by atoms with Crippen LogP contribution in [0.2, 0.25) is 0 Å². The van der Waals surface area contributed by atoms with Crippen molar-refractivity contribution in [1.29, 1.82) is 0 Å². The summed E-state index contributed by atoms with van der Waals surface area (Å²) >= 11 is 0. The van der Waals surface area contributed by atoms with Crippen molar-refractivity contribution < 1.29 is 14.3 Å². The quantitative estimate of drug-likeness (QED) is 0.352. The number of aldehydes is 1. The van der Waals surface area contributed by atoms with E-state index in [0.717, 1.165) is 28.9 Å². The minimum absolute atomic E-state index is 0.170. The molecule has 10 heteroatoms. The number of pyridine rings is 1. The van der Waals surface area contributed by atoms with Crippen molar-refractivity contribution in [2.45, 2.75) is 5.92 Å². The number of nitrogens with zero attached hydrogens (tertiary/aromatic N) is 4. The lowest BCUT2D eigenvalue weighted by Crippen LogP contribution is -2.18. The summed E-state index contributed by atoms with van der Waals surface area (Å²) in [6.45, 7) is 1.37. The highest BCUT2D eigenvalue weighted by Crippen LogP contribution is 2.57. The van der Waals surface area contributed by atoms with Crippen LogP contribution in [0.3, 0.4) is 0 Å². The van der Waals surface area contributed by atoms with E-state index in [1.165, 1.54) is 4.52 Å². The molecule has 0 bridgehead atoms. The maximum absolute atomic E-state index is 12.5. The molecule has 1 aromatic carbocycles. The second-order valence-corrected chi connectivity index (χ2v) is 8.83. The molecular formula is C25H23N7O3. The van der Waals surface area contributed by atoms with E-state index in [9.17, 15) is 9.59 Å². The van der Waals surface area contributed by atoms with Crippen LogP contribution in [-0.2, 0) is 4.74 Å². The number of benzene rings is 1. The first kappa shape index (κ1) is 21.2. The normalized spacial score (nSPS) is 20.4. The zero-order valence-corrected chi connectivity index (χ0v) is 18.9. The minimum Gasteiger partial charge on any atom is -0.385 e. The molecule has 3 atom stereocenters. The molecule has 1 aliphatic carbocycles. The van der Waals surface area contributed by atoms with Gasteiger partial charge in [-0.2, -0.15) is 0 Å². The first-order chi connectivity index (χ1) is 17.1. The number of rotatable bonds is 7. The fraction of sp³-hybridized carbons (Fsp3) is 0.240. The Morgan fingerprint density at radius 2 is 2.03 bits per heavy atom. The first-order valence-electron chi connectivity index (χ1n) is 11.3. The lowest BCUT2D eigenvalue weighted by Gasteiger charge is -2.11. The van der Waals surface area contributed by atoms with Crippen LogP contribution >= 0.6 is 0 Å². The Morgan fingerprint density at radius 3 is 2.71 bits per heavy atom. The van der Waals surface area contributed by atoms with Crippen LogP contribution < -0.4 is 16.4 Å². The Morgan fingerprint density at radius 1 is 1.20 bits per heavy atom. The van der Waals surface area contributed by atoms with Crippen molar-refractivity contribution in [1.82, 2.24) is 19.6 Å². The van der Waals surface area contributed by atoms with Crippen molar-refractivity contribution in [2.75, 3.05) is 30.9 Å². The van der Waals surface area contributed by atoms with Gasteiger partial charge in [0.05, 0.1) is 30.3 Å². The summed E-state index contributed by atoms with van der Waals surface area (Å²) in [7, 11) is 1.80. The van der Waals surface area contributed by atoms with E-state index in [1.54, 1.807) is 25.4 Å². The predicted molar refractivity (Wildman–Crippen MR) is 130 cm³/mol. The average molecular weight is 470 g/mol. The molecule has 4 heterocycles. The third-order valence-electron chi connectivity index (χ3n) is 6.73. The van der Waals surface area contributed by atoms with Gasteiger partial charge in [-0.1, -0.05) is 12.1 Å². The molecule has 1 unspecified atom stereocenters. The molecule has 1 saturated carbocycles. The number of carbonyl (C=O) groups excluding carboxylic acids is 2. The molecule has 4 aromatic rings. The van der Waals surface area contributed by atoms with Gasteiger partial charge in [-0.15, -0.1) is 5.10 Å². The van der Waals surface area contributed by atoms with E-state index in [-0.39, 0.29) is 5.92 Å². The Balaban J connectivity index is 1.37. The second kappa shape index (κ2) is 8.17. The summed E-state index contributed by atoms with van der Waals surface area (Å²) in [6, 6.07) is 13.1. The zero-order chi connectivity index (χ0) is 24.1. The molecular weight excluding hydrogens is 446 g/mol. The van der Waals surface area contributed by atoms with E-state index in [1.807, 2.05) is 30.3 Å². The van der Waals surface area contributed by atoms with Crippen LogP contribution in [0.4, 0.5) is 17.2 Å². The third kappa shape index (κ3) is 3.58. The fourth-order valence-corrected chi connectivity index (χ4v) is 4.94. The lowest BCUT2D eigenvalue weighted by atomic mass is 10.1. The van der Waals surface area contributed by atoms with E-state index in [4.69, 9.17) is 15.5 Å². The number of nitrogens with two attached hydrogens (primary N) is 1. The van der Waals surface area contributed by atoms with Crippen LogP contribution in [0.25, 0.3) is 16.9 Å². The molecule has 2 aliphatic rings. The predicted octanol–water partition coefficient (Wildman–Crippen LogP) is 2.85. The maximum atomic E-state index is 12.5. The Labute approximate surface area is 200 Å². The van der Waals surface area contributed by atoms with Crippen LogP contribution in [0, 0.1) is 11.8 Å². The standard InChI is InChI=1S/C25H23N7O3/c1-27-19-8-20(29-15-4-2-3-14(7-15)18-6-5-13(10-33)9-28-18)31-32-23(24(26)34)22(30-25(19)32)21-16-11-35-12-17(16)21/h2-10,16-17,21,27H,11-12H2,1H3,(H2,26,34)(H,29,31)/t16-,17+,21?. The van der Waals surface area contributed by atoms with Crippen LogP contribution in [0.15, 0.2) is 48.7 Å². The average Bonchev–Trinajstić information content (AvgIpc) is 3.19. The summed E-state index contributed by atoms with van der Waals surface area (Å²) in [5, 5.41) is 11.1. The largest absolute Gasteiger partial charge is 0.385 e. The number of hydrogen-bond acceptors (Lipinski definition) is 8. The van der Waals surface area contributed by atoms with E-state index < -0.39 is 5.91 Å². The van der Waals surface area contributed by atoms with Gasteiger partial charge in [0.25, 0.3) is 5.91 Å². The van der Waals surface area contributed by atoms with Crippen molar-refractivity contribution in [3.63, 3.8) is 0 Å². The Kier molecular flexibility index (Phi) is 4.96. The third-order valence-corrected chi connectivity index (χ3v) is 6.73. The summed E-state index contributed by atoms with van der Waals surface area (Å²) in [5.74, 6) is 0.894. The zero-order valence-electron chi connectivity index (χ0n) is 18.9. The van der Waals surface area contributed by atoms with Gasteiger partial charge in [0.15, 0.2) is 23.4 Å². The number of nitrogens with one attached hydrogen (secondary N) is 2. The monoisotopic (exact) mass is 469 g/mol. The molecule has 35 heavy (non-hydrogen) atoms. The smallest absolute Gasteiger partial charge is 0.269 e. The summed E-state index contributed by atoms with van der Waals surface area (Å²) in [6.07, 6.45) is 2.31. The van der Waals surface area contributed by atoms with Crippen molar-refractivity contribution in [3.8, 4) is 11.3 Å². The van der Waals surface area contributed by atoms with Crippen molar-refractivity contribution in [2.24, 2.45) is 17.6 Å². The molecule has 10 nitrogen and oxygen atoms in total. The maximum Gasteiger partial charge on any atom is 0.269 e. The van der Waals surface area contributed by atoms with Gasteiger partial charge in [0, 0.05) is 42.0 Å². The topological polar surface area (TPSA) is 137 Å². The van der Waals surface area contributed by atoms with E-state index in [2.05, 4.69) is 20.7 Å². The van der Waals surface area contributed by atoms with Crippen LogP contribution in [-0.4, -0.2) is 52.0 Å². The highest BCUT2D eigenvalue weighted by Gasteiger charge is 2.57. The number of imidazole rings is 1. The van der Waals surface area contributed by atoms with Gasteiger partial charge < -0.3 is 21.1 Å². The van der Waals surface area contributed by atoms with E-state index >= 15 is 0 Å². The van der Waals surface area contributed by atoms with E-state index in [0.29, 0.717) is 53.5 Å². The van der Waals surface area contributed by atoms with Crippen LogP contribution in [0.5, 0.6) is 0 Å². The lowest BCUT2D eigenvalue weighted by molar-refractivity contribution is 0.0991. The summed E-state index contributed by atoms with van der Waals surface area (Å²) < 4.78 is 7.04. The number of amides is 1. The SMILES string of the molecule is CNc1cc(Nc2cccc(-c3ccc(C=O)cn3)c2)nn2c(C(N)=O)c(C3[C@H]4COC[C@@H]34)nc12. The van der Waals surface area contributed by atoms with Gasteiger partial charge in [-0.25, -0.2) is 9.50 Å². The molecule has 0 radical (unpaired) electrons. The second-order valence-electron chi connectivity index (χ2n) is 8.83. The number of fused-ring (bicyclic) bond motifs is 2. The fourth-order valence-electron chi connectivity index (χ4n) is 4.94. The van der Waals surface area contributed by atoms with Crippen LogP contribution in [0.1, 0.15) is 32.5 Å². The Bertz CT molecular complexity index is 1450. The number of primary amides is 1. The number of carbonyl (C=O) groups is 2. The van der Waals surface area contributed by atoms with Gasteiger partial charge in [0.1, 0.15) is 0 Å². The van der Waals surface area contributed by atoms with Gasteiger partial charge in [-0.3, -0.25) is 14.6 Å². The molecule has 2 fully saturated rings. The number of hydrogen-bond donors (Lipinski definition) is 3. The highest BCUT2D eigenvalue weighted by atomic mass is 16.5. The minimum atomic E-state index is -0.558. The molecule has 3 aromatic heterocycles. The van der Waals surface area contributed by atoms with Gasteiger partial charge >= 0.3 is 0 Å². The molecule has 1 aliphatic heterocycles.